The van der Waals surface area contributed by atoms with Gasteiger partial charge in [-0.3, -0.25) is 9.69 Å². The lowest BCUT2D eigenvalue weighted by atomic mass is 10.3. The number of quaternary nitrogens is 1. The van der Waals surface area contributed by atoms with Gasteiger partial charge in [0.2, 0.25) is 0 Å². The van der Waals surface area contributed by atoms with Gasteiger partial charge in [0.1, 0.15) is 11.3 Å². The number of hydrogen-bond acceptors (Lipinski definition) is 5. The van der Waals surface area contributed by atoms with Gasteiger partial charge in [-0.15, -0.1) is 0 Å². The molecule has 0 aliphatic heterocycles. The fourth-order valence-electron chi connectivity index (χ4n) is 2.88. The highest BCUT2D eigenvalue weighted by molar-refractivity contribution is 7.22. The molecular weight excluding hydrogens is 350 g/mol. The Balaban J connectivity index is 1.95. The summed E-state index contributed by atoms with van der Waals surface area (Å²) in [4.78, 5) is 20.8. The fourth-order valence-corrected chi connectivity index (χ4v) is 3.89. The Morgan fingerprint density at radius 3 is 2.73 bits per heavy atom. The van der Waals surface area contributed by atoms with Crippen molar-refractivity contribution in [3.8, 4) is 5.75 Å². The molecule has 2 heterocycles. The van der Waals surface area contributed by atoms with Crippen LogP contribution in [0.3, 0.4) is 0 Å². The van der Waals surface area contributed by atoms with Crippen LogP contribution in [0.4, 0.5) is 5.13 Å². The van der Waals surface area contributed by atoms with Crippen molar-refractivity contribution in [2.45, 2.75) is 13.8 Å². The fraction of sp³-hybridized carbons (Fsp3) is 0.368. The van der Waals surface area contributed by atoms with Crippen molar-refractivity contribution in [3.05, 3.63) is 42.4 Å². The topological polar surface area (TPSA) is 60.0 Å². The van der Waals surface area contributed by atoms with Gasteiger partial charge in [0.25, 0.3) is 5.91 Å². The number of aromatic nitrogens is 1. The molecule has 1 aromatic carbocycles. The van der Waals surface area contributed by atoms with Gasteiger partial charge < -0.3 is 14.1 Å². The second-order valence-electron chi connectivity index (χ2n) is 5.94. The molecule has 0 saturated heterocycles. The van der Waals surface area contributed by atoms with Gasteiger partial charge in [-0.2, -0.15) is 0 Å². The van der Waals surface area contributed by atoms with Crippen molar-refractivity contribution >= 4 is 32.6 Å². The summed E-state index contributed by atoms with van der Waals surface area (Å²) in [5.74, 6) is 0.870. The van der Waals surface area contributed by atoms with Crippen molar-refractivity contribution in [1.82, 2.24) is 4.98 Å². The third-order valence-electron chi connectivity index (χ3n) is 4.49. The molecular formula is C19H24N3O3S+. The summed E-state index contributed by atoms with van der Waals surface area (Å²) in [7, 11) is 1.63. The van der Waals surface area contributed by atoms with Gasteiger partial charge in [0, 0.05) is 0 Å². The number of likely N-dealkylation sites (N-methyl/N-ethyl adjacent to an activating group) is 1. The van der Waals surface area contributed by atoms with Crippen molar-refractivity contribution < 1.29 is 18.8 Å². The highest BCUT2D eigenvalue weighted by Crippen LogP contribution is 2.34. The van der Waals surface area contributed by atoms with E-state index < -0.39 is 0 Å². The van der Waals surface area contributed by atoms with Crippen LogP contribution in [-0.2, 0) is 0 Å². The van der Waals surface area contributed by atoms with Crippen LogP contribution in [0.2, 0.25) is 0 Å². The predicted molar refractivity (Wildman–Crippen MR) is 103 cm³/mol. The average Bonchev–Trinajstić information content (AvgIpc) is 3.34. The van der Waals surface area contributed by atoms with Gasteiger partial charge in [0.15, 0.2) is 10.9 Å². The summed E-state index contributed by atoms with van der Waals surface area (Å²) in [6.45, 7) is 7.78. The molecule has 1 N–H and O–H groups in total. The van der Waals surface area contributed by atoms with Crippen LogP contribution in [0.25, 0.3) is 10.2 Å². The molecule has 0 atom stereocenters. The van der Waals surface area contributed by atoms with E-state index in [4.69, 9.17) is 14.1 Å². The van der Waals surface area contributed by atoms with Crippen molar-refractivity contribution in [2.75, 3.05) is 38.2 Å². The van der Waals surface area contributed by atoms with Crippen molar-refractivity contribution in [3.63, 3.8) is 0 Å². The molecule has 0 aliphatic carbocycles. The first-order valence-corrected chi connectivity index (χ1v) is 9.62. The summed E-state index contributed by atoms with van der Waals surface area (Å²) in [6.07, 6.45) is 1.52. The molecule has 0 unspecified atom stereocenters. The normalized spacial score (nSPS) is 11.2. The third-order valence-corrected chi connectivity index (χ3v) is 5.53. The number of thiazole rings is 1. The zero-order chi connectivity index (χ0) is 18.5. The zero-order valence-corrected chi connectivity index (χ0v) is 16.1. The SMILES string of the molecule is CC[NH+](CC)CCN(C(=O)c1ccco1)c1nc2c(OC)cccc2s1. The summed E-state index contributed by atoms with van der Waals surface area (Å²) in [5.41, 5.74) is 0.780. The Morgan fingerprint density at radius 1 is 1.27 bits per heavy atom. The lowest BCUT2D eigenvalue weighted by molar-refractivity contribution is -0.894. The highest BCUT2D eigenvalue weighted by Gasteiger charge is 2.25. The Bertz CT molecular complexity index is 856. The van der Waals surface area contributed by atoms with E-state index in [1.54, 1.807) is 24.1 Å². The van der Waals surface area contributed by atoms with E-state index in [1.807, 2.05) is 18.2 Å². The number of amides is 1. The number of benzene rings is 1. The monoisotopic (exact) mass is 374 g/mol. The first-order valence-electron chi connectivity index (χ1n) is 8.80. The van der Waals surface area contributed by atoms with Crippen molar-refractivity contribution in [1.29, 1.82) is 0 Å². The van der Waals surface area contributed by atoms with Gasteiger partial charge in [-0.25, -0.2) is 4.98 Å². The number of nitrogens with zero attached hydrogens (tertiary/aromatic N) is 2. The molecule has 3 rings (SSSR count). The number of nitrogens with one attached hydrogen (secondary N) is 1. The smallest absolute Gasteiger partial charge is 0.295 e. The third kappa shape index (κ3) is 3.73. The summed E-state index contributed by atoms with van der Waals surface area (Å²) >= 11 is 1.49. The number of para-hydroxylation sites is 1. The molecule has 3 aromatic rings. The average molecular weight is 374 g/mol. The second kappa shape index (κ2) is 8.33. The molecule has 0 aliphatic rings. The summed E-state index contributed by atoms with van der Waals surface area (Å²) < 4.78 is 11.7. The number of rotatable bonds is 8. The van der Waals surface area contributed by atoms with Gasteiger partial charge in [-0.05, 0) is 38.1 Å². The maximum Gasteiger partial charge on any atom is 0.295 e. The van der Waals surface area contributed by atoms with E-state index in [0.717, 1.165) is 29.9 Å². The van der Waals surface area contributed by atoms with E-state index in [-0.39, 0.29) is 5.91 Å². The first kappa shape index (κ1) is 18.4. The Labute approximate surface area is 157 Å². The maximum atomic E-state index is 13.0. The summed E-state index contributed by atoms with van der Waals surface area (Å²) in [5, 5.41) is 0.664. The van der Waals surface area contributed by atoms with E-state index >= 15 is 0 Å². The van der Waals surface area contributed by atoms with Crippen LogP contribution in [0.15, 0.2) is 41.0 Å². The van der Waals surface area contributed by atoms with Gasteiger partial charge in [-0.1, -0.05) is 17.4 Å². The van der Waals surface area contributed by atoms with E-state index in [9.17, 15) is 4.79 Å². The molecule has 6 nitrogen and oxygen atoms in total. The van der Waals surface area contributed by atoms with Gasteiger partial charge in [0.05, 0.1) is 44.3 Å². The number of carbonyl (C=O) groups is 1. The minimum atomic E-state index is -0.167. The van der Waals surface area contributed by atoms with Crippen LogP contribution < -0.4 is 14.5 Å². The Kier molecular flexibility index (Phi) is 5.90. The highest BCUT2D eigenvalue weighted by atomic mass is 32.1. The molecule has 138 valence electrons. The Hall–Kier alpha value is -2.38. The van der Waals surface area contributed by atoms with Crippen LogP contribution in [0.5, 0.6) is 5.75 Å². The molecule has 0 fully saturated rings. The number of hydrogen-bond donors (Lipinski definition) is 1. The maximum absolute atomic E-state index is 13.0. The lowest BCUT2D eigenvalue weighted by Crippen LogP contribution is -3.12. The molecule has 1 amide bonds. The number of fused-ring (bicyclic) bond motifs is 1. The molecule has 2 aromatic heterocycles. The largest absolute Gasteiger partial charge is 0.494 e. The first-order chi connectivity index (χ1) is 12.7. The van der Waals surface area contributed by atoms with Crippen LogP contribution in [-0.4, -0.2) is 44.2 Å². The number of methoxy groups -OCH3 is 1. The van der Waals surface area contributed by atoms with Crippen LogP contribution >= 0.6 is 11.3 Å². The second-order valence-corrected chi connectivity index (χ2v) is 6.95. The minimum absolute atomic E-state index is 0.167. The molecule has 0 bridgehead atoms. The van der Waals surface area contributed by atoms with Crippen LogP contribution in [0.1, 0.15) is 24.4 Å². The Morgan fingerprint density at radius 2 is 2.08 bits per heavy atom. The van der Waals surface area contributed by atoms with Crippen molar-refractivity contribution in [2.24, 2.45) is 0 Å². The minimum Gasteiger partial charge on any atom is -0.494 e. The quantitative estimate of drug-likeness (QED) is 0.658. The van der Waals surface area contributed by atoms with E-state index in [1.165, 1.54) is 22.5 Å². The molecule has 26 heavy (non-hydrogen) atoms. The predicted octanol–water partition coefficient (Wildman–Crippen LogP) is 2.47. The standard InChI is InChI=1S/C19H23N3O3S/c1-4-21(5-2)11-12-22(18(23)15-9-7-13-25-15)19-20-17-14(24-3)8-6-10-16(17)26-19/h6-10,13H,4-5,11-12H2,1-3H3/p+1. The molecule has 0 radical (unpaired) electrons. The number of anilines is 1. The summed E-state index contributed by atoms with van der Waals surface area (Å²) in [6, 6.07) is 9.21. The molecule has 7 heteroatoms. The van der Waals surface area contributed by atoms with Crippen LogP contribution in [0, 0.1) is 0 Å². The van der Waals surface area contributed by atoms with E-state index in [2.05, 4.69) is 13.8 Å². The number of ether oxygens (including phenoxy) is 1. The molecule has 0 spiro atoms. The lowest BCUT2D eigenvalue weighted by Gasteiger charge is -2.22. The number of furan rings is 1. The van der Waals surface area contributed by atoms with E-state index in [0.29, 0.717) is 23.2 Å². The molecule has 0 saturated carbocycles. The zero-order valence-electron chi connectivity index (χ0n) is 15.3. The number of carbonyl (C=O) groups excluding carboxylic acids is 1. The van der Waals surface area contributed by atoms with Gasteiger partial charge >= 0.3 is 0 Å².